The molecule has 46 valence electrons. The molecule has 0 aliphatic heterocycles. The lowest BCUT2D eigenvalue weighted by molar-refractivity contribution is 0.806. The van der Waals surface area contributed by atoms with Gasteiger partial charge in [-0.3, -0.25) is 0 Å². The zero-order chi connectivity index (χ0) is 6.15. The van der Waals surface area contributed by atoms with Crippen molar-refractivity contribution in [3.63, 3.8) is 0 Å². The topological polar surface area (TPSA) is 26.0 Å². The lowest BCUT2D eigenvalue weighted by Crippen LogP contribution is -2.23. The van der Waals surface area contributed by atoms with Gasteiger partial charge in [-0.05, 0) is 13.3 Å². The average Bonchev–Trinajstić information content (AvgIpc) is 1.85. The number of hydrogen-bond acceptors (Lipinski definition) is 1. The highest BCUT2D eigenvalue weighted by molar-refractivity contribution is 9.09. The van der Waals surface area contributed by atoms with Crippen LogP contribution >= 0.6 is 15.9 Å². The standard InChI is InChI=1S/C6H10BrN/c1-4-2-5(7)6(8)3-4/h3,5-6H,2,8H2,1H3/t5-,6-/m0/s1. The number of allylic oxidation sites excluding steroid dienone is 1. The molecule has 0 saturated heterocycles. The summed E-state index contributed by atoms with van der Waals surface area (Å²) in [6.45, 7) is 2.11. The van der Waals surface area contributed by atoms with Crippen molar-refractivity contribution >= 4 is 15.9 Å². The van der Waals surface area contributed by atoms with Gasteiger partial charge in [-0.1, -0.05) is 27.6 Å². The van der Waals surface area contributed by atoms with Crippen LogP contribution in [0.15, 0.2) is 11.6 Å². The van der Waals surface area contributed by atoms with Crippen molar-refractivity contribution < 1.29 is 0 Å². The highest BCUT2D eigenvalue weighted by atomic mass is 79.9. The lowest BCUT2D eigenvalue weighted by atomic mass is 10.2. The van der Waals surface area contributed by atoms with Crippen molar-refractivity contribution in [3.8, 4) is 0 Å². The smallest absolute Gasteiger partial charge is 0.0370 e. The molecule has 2 N–H and O–H groups in total. The van der Waals surface area contributed by atoms with Gasteiger partial charge in [0.25, 0.3) is 0 Å². The Kier molecular flexibility index (Phi) is 1.73. The third-order valence-electron chi connectivity index (χ3n) is 1.41. The molecule has 0 fully saturated rings. The second kappa shape index (κ2) is 2.19. The van der Waals surface area contributed by atoms with Crippen molar-refractivity contribution in [1.29, 1.82) is 0 Å². The van der Waals surface area contributed by atoms with Crippen LogP contribution in [0.2, 0.25) is 0 Å². The van der Waals surface area contributed by atoms with Gasteiger partial charge in [-0.15, -0.1) is 0 Å². The zero-order valence-electron chi connectivity index (χ0n) is 4.89. The van der Waals surface area contributed by atoms with Crippen LogP contribution in [0.1, 0.15) is 13.3 Å². The molecule has 0 unspecified atom stereocenters. The summed E-state index contributed by atoms with van der Waals surface area (Å²) in [5.74, 6) is 0. The molecule has 0 bridgehead atoms. The Morgan fingerprint density at radius 2 is 2.50 bits per heavy atom. The van der Waals surface area contributed by atoms with E-state index in [4.69, 9.17) is 5.73 Å². The molecule has 0 aromatic carbocycles. The summed E-state index contributed by atoms with van der Waals surface area (Å²) in [5.41, 5.74) is 7.05. The summed E-state index contributed by atoms with van der Waals surface area (Å²) in [6, 6.07) is 0.245. The van der Waals surface area contributed by atoms with Crippen LogP contribution in [0.5, 0.6) is 0 Å². The minimum Gasteiger partial charge on any atom is -0.324 e. The number of nitrogens with two attached hydrogens (primary N) is 1. The highest BCUT2D eigenvalue weighted by Crippen LogP contribution is 2.22. The molecule has 1 aliphatic carbocycles. The molecule has 0 aromatic rings. The van der Waals surface area contributed by atoms with Crippen LogP contribution in [0.3, 0.4) is 0 Å². The van der Waals surface area contributed by atoms with Crippen LogP contribution in [0.25, 0.3) is 0 Å². The largest absolute Gasteiger partial charge is 0.324 e. The predicted molar refractivity (Wildman–Crippen MR) is 39.1 cm³/mol. The third kappa shape index (κ3) is 1.12. The van der Waals surface area contributed by atoms with E-state index in [2.05, 4.69) is 28.9 Å². The molecule has 8 heavy (non-hydrogen) atoms. The maximum atomic E-state index is 5.65. The molecular formula is C6H10BrN. The number of alkyl halides is 1. The first kappa shape index (κ1) is 6.30. The van der Waals surface area contributed by atoms with E-state index in [1.807, 2.05) is 0 Å². The van der Waals surface area contributed by atoms with E-state index in [9.17, 15) is 0 Å². The number of halogens is 1. The Bertz CT molecular complexity index is 120. The fourth-order valence-corrected chi connectivity index (χ4v) is 1.61. The summed E-state index contributed by atoms with van der Waals surface area (Å²) >= 11 is 3.47. The highest BCUT2D eigenvalue weighted by Gasteiger charge is 2.18. The molecule has 1 nitrogen and oxygen atoms in total. The first-order valence-corrected chi connectivity index (χ1v) is 3.68. The molecule has 1 rings (SSSR count). The van der Waals surface area contributed by atoms with E-state index in [-0.39, 0.29) is 6.04 Å². The molecule has 2 heteroatoms. The van der Waals surface area contributed by atoms with Gasteiger partial charge in [0, 0.05) is 10.9 Å². The van der Waals surface area contributed by atoms with Crippen molar-refractivity contribution in [1.82, 2.24) is 0 Å². The Labute approximate surface area is 58.1 Å². The molecule has 0 saturated carbocycles. The summed E-state index contributed by atoms with van der Waals surface area (Å²) in [6.07, 6.45) is 3.22. The van der Waals surface area contributed by atoms with Crippen LogP contribution in [0.4, 0.5) is 0 Å². The molecule has 2 atom stereocenters. The van der Waals surface area contributed by atoms with Crippen LogP contribution in [0, 0.1) is 0 Å². The van der Waals surface area contributed by atoms with Crippen molar-refractivity contribution in [3.05, 3.63) is 11.6 Å². The number of hydrogen-bond donors (Lipinski definition) is 1. The van der Waals surface area contributed by atoms with E-state index < -0.39 is 0 Å². The maximum absolute atomic E-state index is 5.65. The Hall–Kier alpha value is 0.180. The first-order chi connectivity index (χ1) is 3.70. The number of rotatable bonds is 0. The molecule has 0 amide bonds. The van der Waals surface area contributed by atoms with E-state index in [0.717, 1.165) is 6.42 Å². The Morgan fingerprint density at radius 1 is 1.88 bits per heavy atom. The molecule has 0 radical (unpaired) electrons. The van der Waals surface area contributed by atoms with Crippen molar-refractivity contribution in [2.45, 2.75) is 24.2 Å². The first-order valence-electron chi connectivity index (χ1n) is 2.77. The van der Waals surface area contributed by atoms with E-state index in [0.29, 0.717) is 4.83 Å². The van der Waals surface area contributed by atoms with Crippen LogP contribution in [-0.4, -0.2) is 10.9 Å². The minimum absolute atomic E-state index is 0.245. The second-order valence-electron chi connectivity index (χ2n) is 2.31. The van der Waals surface area contributed by atoms with Gasteiger partial charge in [0.2, 0.25) is 0 Å². The fourth-order valence-electron chi connectivity index (χ4n) is 0.945. The van der Waals surface area contributed by atoms with Gasteiger partial charge in [0.1, 0.15) is 0 Å². The van der Waals surface area contributed by atoms with Crippen LogP contribution in [-0.2, 0) is 0 Å². The van der Waals surface area contributed by atoms with Gasteiger partial charge < -0.3 is 5.73 Å². The zero-order valence-corrected chi connectivity index (χ0v) is 6.48. The van der Waals surface area contributed by atoms with E-state index in [1.54, 1.807) is 0 Å². The van der Waals surface area contributed by atoms with Crippen molar-refractivity contribution in [2.24, 2.45) is 5.73 Å². The van der Waals surface area contributed by atoms with Gasteiger partial charge in [0.15, 0.2) is 0 Å². The minimum atomic E-state index is 0.245. The lowest BCUT2D eigenvalue weighted by Gasteiger charge is -2.03. The fraction of sp³-hybridized carbons (Fsp3) is 0.667. The molecule has 0 heterocycles. The monoisotopic (exact) mass is 175 g/mol. The van der Waals surface area contributed by atoms with Gasteiger partial charge in [-0.2, -0.15) is 0 Å². The normalized spacial score (nSPS) is 37.6. The Balaban J connectivity index is 2.56. The summed E-state index contributed by atoms with van der Waals surface area (Å²) in [5, 5.41) is 0. The summed E-state index contributed by atoms with van der Waals surface area (Å²) < 4.78 is 0. The quantitative estimate of drug-likeness (QED) is 0.438. The average molecular weight is 176 g/mol. The van der Waals surface area contributed by atoms with Crippen molar-refractivity contribution in [2.75, 3.05) is 0 Å². The summed E-state index contributed by atoms with van der Waals surface area (Å²) in [7, 11) is 0. The predicted octanol–water partition coefficient (Wildman–Crippen LogP) is 1.43. The molecule has 0 aromatic heterocycles. The molecular weight excluding hydrogens is 166 g/mol. The van der Waals surface area contributed by atoms with E-state index >= 15 is 0 Å². The second-order valence-corrected chi connectivity index (χ2v) is 3.49. The van der Waals surface area contributed by atoms with Crippen LogP contribution < -0.4 is 5.73 Å². The molecule has 0 spiro atoms. The third-order valence-corrected chi connectivity index (χ3v) is 2.35. The summed E-state index contributed by atoms with van der Waals surface area (Å²) in [4.78, 5) is 0.488. The van der Waals surface area contributed by atoms with E-state index in [1.165, 1.54) is 5.57 Å². The van der Waals surface area contributed by atoms with Gasteiger partial charge >= 0.3 is 0 Å². The van der Waals surface area contributed by atoms with Gasteiger partial charge in [0.05, 0.1) is 0 Å². The maximum Gasteiger partial charge on any atom is 0.0370 e. The Morgan fingerprint density at radius 3 is 2.62 bits per heavy atom. The SMILES string of the molecule is CC1=C[C@H](N)[C@@H](Br)C1. The van der Waals surface area contributed by atoms with Gasteiger partial charge in [-0.25, -0.2) is 0 Å². The molecule has 1 aliphatic rings.